The number of amides is 2. The van der Waals surface area contributed by atoms with E-state index >= 15 is 0 Å². The lowest BCUT2D eigenvalue weighted by atomic mass is 9.99. The Morgan fingerprint density at radius 1 is 1.10 bits per heavy atom. The highest BCUT2D eigenvalue weighted by Crippen LogP contribution is 2.31. The lowest BCUT2D eigenvalue weighted by Gasteiger charge is -2.35. The van der Waals surface area contributed by atoms with E-state index in [0.717, 1.165) is 43.7 Å². The van der Waals surface area contributed by atoms with Gasteiger partial charge in [-0.25, -0.2) is 9.97 Å². The molecule has 1 aliphatic rings. The van der Waals surface area contributed by atoms with E-state index in [1.807, 2.05) is 48.2 Å². The number of piperidine rings is 1. The van der Waals surface area contributed by atoms with Gasteiger partial charge in [0, 0.05) is 47.1 Å². The summed E-state index contributed by atoms with van der Waals surface area (Å²) in [5.41, 5.74) is 1.96. The molecule has 0 spiro atoms. The minimum Gasteiger partial charge on any atom is -0.363 e. The van der Waals surface area contributed by atoms with Gasteiger partial charge in [0.1, 0.15) is 5.82 Å². The van der Waals surface area contributed by atoms with Crippen LogP contribution in [0.25, 0.3) is 0 Å². The third-order valence-electron chi connectivity index (χ3n) is 5.77. The summed E-state index contributed by atoms with van der Waals surface area (Å²) in [7, 11) is 5.64. The molecule has 2 aromatic rings. The van der Waals surface area contributed by atoms with Crippen LogP contribution in [0.15, 0.2) is 36.4 Å². The van der Waals surface area contributed by atoms with Gasteiger partial charge in [0.25, 0.3) is 0 Å². The lowest BCUT2D eigenvalue weighted by Crippen LogP contribution is -2.39. The number of likely N-dealkylation sites (tertiary alicyclic amines) is 1. The van der Waals surface area contributed by atoms with E-state index in [4.69, 9.17) is 9.97 Å². The van der Waals surface area contributed by atoms with E-state index in [1.54, 1.807) is 18.9 Å². The molecule has 1 aromatic carbocycles. The summed E-state index contributed by atoms with van der Waals surface area (Å²) in [4.78, 5) is 39.9. The van der Waals surface area contributed by atoms with Gasteiger partial charge < -0.3 is 14.7 Å². The molecule has 166 valence electrons. The number of hydrogen-bond donors (Lipinski definition) is 0. The molecular formula is C24H33N5O2. The smallest absolute Gasteiger partial charge is 0.223 e. The average Bonchev–Trinajstić information content (AvgIpc) is 2.77. The van der Waals surface area contributed by atoms with Crippen molar-refractivity contribution >= 4 is 17.6 Å². The van der Waals surface area contributed by atoms with Gasteiger partial charge in [-0.2, -0.15) is 0 Å². The van der Waals surface area contributed by atoms with Crippen LogP contribution in [-0.4, -0.2) is 59.3 Å². The molecule has 0 aliphatic carbocycles. The minimum absolute atomic E-state index is 0.0121. The molecule has 0 bridgehead atoms. The molecule has 7 heteroatoms. The van der Waals surface area contributed by atoms with Crippen molar-refractivity contribution in [2.45, 2.75) is 51.6 Å². The van der Waals surface area contributed by atoms with Crippen molar-refractivity contribution in [1.29, 1.82) is 0 Å². The number of rotatable bonds is 7. The summed E-state index contributed by atoms with van der Waals surface area (Å²) in [5, 5.41) is 0. The van der Waals surface area contributed by atoms with E-state index in [2.05, 4.69) is 12.1 Å². The highest BCUT2D eigenvalue weighted by atomic mass is 16.2. The maximum absolute atomic E-state index is 13.1. The van der Waals surface area contributed by atoms with Crippen molar-refractivity contribution in [2.75, 3.05) is 32.6 Å². The SMILES string of the molecule is CC(=O)N(C)Cc1cc(N(C)C)nc([C@H]2CCCCN2C(=O)CCc2ccccc2)n1. The Labute approximate surface area is 185 Å². The van der Waals surface area contributed by atoms with Crippen molar-refractivity contribution in [1.82, 2.24) is 19.8 Å². The van der Waals surface area contributed by atoms with Crippen LogP contribution in [0, 0.1) is 0 Å². The highest BCUT2D eigenvalue weighted by Gasteiger charge is 2.30. The van der Waals surface area contributed by atoms with Crippen LogP contribution >= 0.6 is 0 Å². The van der Waals surface area contributed by atoms with Crippen molar-refractivity contribution in [3.63, 3.8) is 0 Å². The summed E-state index contributed by atoms with van der Waals surface area (Å²) in [6.07, 6.45) is 4.12. The molecule has 1 aromatic heterocycles. The fourth-order valence-corrected chi connectivity index (χ4v) is 3.85. The zero-order valence-electron chi connectivity index (χ0n) is 19.0. The first-order valence-electron chi connectivity index (χ1n) is 11.0. The van der Waals surface area contributed by atoms with E-state index in [0.29, 0.717) is 18.8 Å². The summed E-state index contributed by atoms with van der Waals surface area (Å²) >= 11 is 0. The maximum Gasteiger partial charge on any atom is 0.223 e. The molecule has 3 rings (SSSR count). The first-order valence-corrected chi connectivity index (χ1v) is 11.0. The molecule has 31 heavy (non-hydrogen) atoms. The topological polar surface area (TPSA) is 69.6 Å². The Morgan fingerprint density at radius 2 is 1.84 bits per heavy atom. The fraction of sp³-hybridized carbons (Fsp3) is 0.500. The van der Waals surface area contributed by atoms with E-state index in [1.165, 1.54) is 5.56 Å². The van der Waals surface area contributed by atoms with Gasteiger partial charge >= 0.3 is 0 Å². The fourth-order valence-electron chi connectivity index (χ4n) is 3.85. The first-order chi connectivity index (χ1) is 14.8. The van der Waals surface area contributed by atoms with Crippen LogP contribution in [0.1, 0.15) is 55.7 Å². The van der Waals surface area contributed by atoms with Gasteiger partial charge in [-0.1, -0.05) is 30.3 Å². The third-order valence-corrected chi connectivity index (χ3v) is 5.77. The normalized spacial score (nSPS) is 16.1. The summed E-state index contributed by atoms with van der Waals surface area (Å²) in [5.74, 6) is 1.60. The van der Waals surface area contributed by atoms with Crippen molar-refractivity contribution in [2.24, 2.45) is 0 Å². The molecule has 1 aliphatic heterocycles. The number of benzene rings is 1. The first kappa shape index (κ1) is 22.7. The van der Waals surface area contributed by atoms with Gasteiger partial charge in [-0.15, -0.1) is 0 Å². The summed E-state index contributed by atoms with van der Waals surface area (Å²) in [6.45, 7) is 2.69. The second-order valence-electron chi connectivity index (χ2n) is 8.43. The standard InChI is InChI=1S/C24H33N5O2/c1-18(30)28(4)17-20-16-22(27(2)3)26-24(25-20)21-12-8-9-15-29(21)23(31)14-13-19-10-6-5-7-11-19/h5-7,10-11,16,21H,8-9,12-15,17H2,1-4H3/t21-/m1/s1. The monoisotopic (exact) mass is 423 g/mol. The largest absolute Gasteiger partial charge is 0.363 e. The molecule has 1 fully saturated rings. The lowest BCUT2D eigenvalue weighted by molar-refractivity contribution is -0.135. The Kier molecular flexibility index (Phi) is 7.60. The number of carbonyl (C=O) groups is 2. The second kappa shape index (κ2) is 10.4. The van der Waals surface area contributed by atoms with Gasteiger partial charge in [-0.3, -0.25) is 9.59 Å². The Morgan fingerprint density at radius 3 is 2.52 bits per heavy atom. The van der Waals surface area contributed by atoms with Gasteiger partial charge in [0.15, 0.2) is 5.82 Å². The predicted molar refractivity (Wildman–Crippen MR) is 122 cm³/mol. The van der Waals surface area contributed by atoms with Gasteiger partial charge in [0.2, 0.25) is 11.8 Å². The predicted octanol–water partition coefficient (Wildman–Crippen LogP) is 3.21. The van der Waals surface area contributed by atoms with Crippen LogP contribution in [-0.2, 0) is 22.6 Å². The molecule has 0 N–H and O–H groups in total. The number of carbonyl (C=O) groups excluding carboxylic acids is 2. The summed E-state index contributed by atoms with van der Waals surface area (Å²) in [6, 6.07) is 11.9. The molecule has 0 saturated carbocycles. The highest BCUT2D eigenvalue weighted by molar-refractivity contribution is 5.77. The number of anilines is 1. The maximum atomic E-state index is 13.1. The Hall–Kier alpha value is -2.96. The summed E-state index contributed by atoms with van der Waals surface area (Å²) < 4.78 is 0. The molecule has 2 amide bonds. The Balaban J connectivity index is 1.82. The van der Waals surface area contributed by atoms with Gasteiger partial charge in [0.05, 0.1) is 18.3 Å². The number of aryl methyl sites for hydroxylation is 1. The number of hydrogen-bond acceptors (Lipinski definition) is 5. The molecule has 7 nitrogen and oxygen atoms in total. The number of aromatic nitrogens is 2. The van der Waals surface area contributed by atoms with Gasteiger partial charge in [-0.05, 0) is 31.2 Å². The van der Waals surface area contributed by atoms with Crippen LogP contribution < -0.4 is 4.90 Å². The molecule has 1 atom stereocenters. The van der Waals surface area contributed by atoms with Crippen molar-refractivity contribution < 1.29 is 9.59 Å². The average molecular weight is 424 g/mol. The third kappa shape index (κ3) is 6.03. The molecule has 0 unspecified atom stereocenters. The van der Waals surface area contributed by atoms with Crippen LogP contribution in [0.5, 0.6) is 0 Å². The molecule has 2 heterocycles. The van der Waals surface area contributed by atoms with Crippen molar-refractivity contribution in [3.05, 3.63) is 53.5 Å². The zero-order chi connectivity index (χ0) is 22.4. The van der Waals surface area contributed by atoms with Crippen LogP contribution in [0.3, 0.4) is 0 Å². The Bertz CT molecular complexity index is 900. The van der Waals surface area contributed by atoms with E-state index in [9.17, 15) is 9.59 Å². The van der Waals surface area contributed by atoms with Crippen LogP contribution in [0.2, 0.25) is 0 Å². The molecule has 0 radical (unpaired) electrons. The molecular weight excluding hydrogens is 390 g/mol. The zero-order valence-corrected chi connectivity index (χ0v) is 19.0. The van der Waals surface area contributed by atoms with Crippen molar-refractivity contribution in [3.8, 4) is 0 Å². The van der Waals surface area contributed by atoms with E-state index < -0.39 is 0 Å². The second-order valence-corrected chi connectivity index (χ2v) is 8.43. The van der Waals surface area contributed by atoms with E-state index in [-0.39, 0.29) is 17.9 Å². The molecule has 1 saturated heterocycles. The minimum atomic E-state index is -0.127. The number of nitrogens with zero attached hydrogens (tertiary/aromatic N) is 5. The van der Waals surface area contributed by atoms with Crippen LogP contribution in [0.4, 0.5) is 5.82 Å². The quantitative estimate of drug-likeness (QED) is 0.684.